The van der Waals surface area contributed by atoms with E-state index in [1.807, 2.05) is 0 Å². The van der Waals surface area contributed by atoms with Crippen LogP contribution in [0.2, 0.25) is 0 Å². The fourth-order valence-corrected chi connectivity index (χ4v) is 0.962. The molecule has 0 aliphatic rings. The third-order valence-electron chi connectivity index (χ3n) is 1.31. The lowest BCUT2D eigenvalue weighted by Gasteiger charge is -2.01. The topological polar surface area (TPSA) is 38.4 Å². The van der Waals surface area contributed by atoms with Gasteiger partial charge >= 0.3 is 0 Å². The minimum Gasteiger partial charge on any atom is -0.383 e. The molecular weight excluding hydrogens is 230 g/mol. The van der Waals surface area contributed by atoms with Gasteiger partial charge in [-0.25, -0.2) is 8.78 Å². The summed E-state index contributed by atoms with van der Waals surface area (Å²) in [5, 5.41) is 0. The molecule has 1 aromatic carbocycles. The number of hydrogen-bond acceptors (Lipinski definition) is 1. The Morgan fingerprint density at radius 2 is 1.83 bits per heavy atom. The molecule has 12 heavy (non-hydrogen) atoms. The second-order valence-electron chi connectivity index (χ2n) is 2.07. The van der Waals surface area contributed by atoms with E-state index in [9.17, 15) is 8.78 Å². The molecule has 1 rings (SSSR count). The summed E-state index contributed by atoms with van der Waals surface area (Å²) in [6, 6.07) is 3.49. The molecule has 0 aliphatic carbocycles. The fourth-order valence-electron chi connectivity index (χ4n) is 0.785. The van der Waals surface area contributed by atoms with E-state index in [1.165, 1.54) is 6.07 Å². The van der Waals surface area contributed by atoms with Gasteiger partial charge in [-0.2, -0.15) is 4.02 Å². The monoisotopic (exact) mass is 234 g/mol. The molecular formula is C7H5BrF2N2. The number of rotatable bonds is 1. The first-order valence-electron chi connectivity index (χ1n) is 3.05. The van der Waals surface area contributed by atoms with E-state index < -0.39 is 11.6 Å². The van der Waals surface area contributed by atoms with Gasteiger partial charge in [0.15, 0.2) is 0 Å². The Hall–Kier alpha value is -0.970. The van der Waals surface area contributed by atoms with E-state index >= 15 is 0 Å². The highest BCUT2D eigenvalue weighted by molar-refractivity contribution is 9.08. The van der Waals surface area contributed by atoms with Crippen molar-refractivity contribution in [1.82, 2.24) is 0 Å². The summed E-state index contributed by atoms with van der Waals surface area (Å²) in [7, 11) is 0. The molecule has 2 N–H and O–H groups in total. The molecule has 0 spiro atoms. The van der Waals surface area contributed by atoms with Gasteiger partial charge in [0.1, 0.15) is 17.5 Å². The fraction of sp³-hybridized carbons (Fsp3) is 0. The predicted octanol–water partition coefficient (Wildman–Crippen LogP) is 1.98. The lowest BCUT2D eigenvalue weighted by Crippen LogP contribution is -2.16. The van der Waals surface area contributed by atoms with Gasteiger partial charge in [-0.3, -0.25) is 0 Å². The Balaban J connectivity index is 3.31. The lowest BCUT2D eigenvalue weighted by molar-refractivity contribution is 0.579. The Labute approximate surface area is 76.4 Å². The summed E-state index contributed by atoms with van der Waals surface area (Å²) in [4.78, 5) is 0. The summed E-state index contributed by atoms with van der Waals surface area (Å²) < 4.78 is 29.0. The third kappa shape index (κ3) is 1.61. The quantitative estimate of drug-likeness (QED) is 0.586. The van der Waals surface area contributed by atoms with E-state index in [4.69, 9.17) is 5.73 Å². The predicted molar refractivity (Wildman–Crippen MR) is 46.0 cm³/mol. The number of halogens is 3. The second kappa shape index (κ2) is 3.62. The van der Waals surface area contributed by atoms with Crippen molar-refractivity contribution in [2.24, 2.45) is 9.75 Å². The summed E-state index contributed by atoms with van der Waals surface area (Å²) in [5.41, 5.74) is 4.91. The van der Waals surface area contributed by atoms with Crippen LogP contribution in [0.1, 0.15) is 5.56 Å². The zero-order chi connectivity index (χ0) is 9.14. The normalized spacial score (nSPS) is 11.8. The van der Waals surface area contributed by atoms with Crippen molar-refractivity contribution in [3.8, 4) is 0 Å². The minimum absolute atomic E-state index is 0.217. The highest BCUT2D eigenvalue weighted by Gasteiger charge is 2.11. The average molecular weight is 235 g/mol. The van der Waals surface area contributed by atoms with Crippen LogP contribution in [-0.2, 0) is 0 Å². The van der Waals surface area contributed by atoms with E-state index in [0.717, 1.165) is 12.1 Å². The molecule has 0 bridgehead atoms. The maximum absolute atomic E-state index is 12.9. The lowest BCUT2D eigenvalue weighted by atomic mass is 10.2. The zero-order valence-electron chi connectivity index (χ0n) is 5.89. The first-order chi connectivity index (χ1) is 5.66. The standard InChI is InChI=1S/C7H5BrF2N2/c8-12-7(11)6-4(9)2-1-3-5(6)10/h1-3H,(H2,11,12). The van der Waals surface area contributed by atoms with E-state index in [1.54, 1.807) is 0 Å². The van der Waals surface area contributed by atoms with Crippen LogP contribution >= 0.6 is 16.1 Å². The number of amidine groups is 1. The summed E-state index contributed by atoms with van der Waals surface area (Å²) in [6.07, 6.45) is 0. The Kier molecular flexibility index (Phi) is 2.75. The molecule has 64 valence electrons. The van der Waals surface area contributed by atoms with Gasteiger partial charge in [0.05, 0.1) is 21.7 Å². The molecule has 0 unspecified atom stereocenters. The Morgan fingerprint density at radius 1 is 1.33 bits per heavy atom. The Morgan fingerprint density at radius 3 is 2.25 bits per heavy atom. The third-order valence-corrected chi connectivity index (χ3v) is 1.69. The molecule has 1 aromatic rings. The molecule has 0 radical (unpaired) electrons. The second-order valence-corrected chi connectivity index (χ2v) is 2.42. The summed E-state index contributed by atoms with van der Waals surface area (Å²) >= 11 is 2.65. The van der Waals surface area contributed by atoms with Crippen LogP contribution in [0.3, 0.4) is 0 Å². The molecule has 0 atom stereocenters. The minimum atomic E-state index is -0.726. The molecule has 0 saturated heterocycles. The van der Waals surface area contributed by atoms with Crippen molar-refractivity contribution in [2.75, 3.05) is 0 Å². The molecule has 0 saturated carbocycles. The van der Waals surface area contributed by atoms with Crippen molar-refractivity contribution in [1.29, 1.82) is 0 Å². The van der Waals surface area contributed by atoms with Crippen LogP contribution in [0.15, 0.2) is 22.2 Å². The smallest absolute Gasteiger partial charge is 0.144 e. The van der Waals surface area contributed by atoms with E-state index in [-0.39, 0.29) is 11.4 Å². The number of hydrogen-bond donors (Lipinski definition) is 1. The average Bonchev–Trinajstić information content (AvgIpc) is 2.03. The first kappa shape index (κ1) is 9.12. The van der Waals surface area contributed by atoms with Crippen molar-refractivity contribution < 1.29 is 8.78 Å². The maximum Gasteiger partial charge on any atom is 0.144 e. The summed E-state index contributed by atoms with van der Waals surface area (Å²) in [6.45, 7) is 0. The highest BCUT2D eigenvalue weighted by Crippen LogP contribution is 2.11. The van der Waals surface area contributed by atoms with Gasteiger partial charge in [0.2, 0.25) is 0 Å². The van der Waals surface area contributed by atoms with Crippen molar-refractivity contribution >= 4 is 22.0 Å². The molecule has 0 amide bonds. The van der Waals surface area contributed by atoms with Gasteiger partial charge in [0.25, 0.3) is 0 Å². The summed E-state index contributed by atoms with van der Waals surface area (Å²) in [5.74, 6) is -1.67. The van der Waals surface area contributed by atoms with Gasteiger partial charge in [-0.15, -0.1) is 0 Å². The molecule has 0 fully saturated rings. The number of nitrogens with two attached hydrogens (primary N) is 1. The van der Waals surface area contributed by atoms with E-state index in [0.29, 0.717) is 0 Å². The molecule has 0 aliphatic heterocycles. The maximum atomic E-state index is 12.9. The highest BCUT2D eigenvalue weighted by atomic mass is 79.9. The van der Waals surface area contributed by atoms with Crippen LogP contribution in [-0.4, -0.2) is 5.84 Å². The van der Waals surface area contributed by atoms with Gasteiger partial charge in [-0.1, -0.05) is 6.07 Å². The van der Waals surface area contributed by atoms with Gasteiger partial charge in [0, 0.05) is 0 Å². The Bertz CT molecular complexity index is 305. The molecule has 2 nitrogen and oxygen atoms in total. The zero-order valence-corrected chi connectivity index (χ0v) is 7.48. The number of nitrogens with zero attached hydrogens (tertiary/aromatic N) is 1. The van der Waals surface area contributed by atoms with Gasteiger partial charge in [-0.05, 0) is 12.1 Å². The van der Waals surface area contributed by atoms with Gasteiger partial charge < -0.3 is 5.73 Å². The SMILES string of the molecule is N/C(=N\Br)c1c(F)cccc1F. The van der Waals surface area contributed by atoms with Crippen LogP contribution in [0.25, 0.3) is 0 Å². The molecule has 5 heteroatoms. The van der Waals surface area contributed by atoms with Crippen LogP contribution in [0.4, 0.5) is 8.78 Å². The van der Waals surface area contributed by atoms with Crippen molar-refractivity contribution in [3.05, 3.63) is 35.4 Å². The first-order valence-corrected chi connectivity index (χ1v) is 3.76. The van der Waals surface area contributed by atoms with E-state index in [2.05, 4.69) is 20.2 Å². The van der Waals surface area contributed by atoms with Crippen molar-refractivity contribution in [3.63, 3.8) is 0 Å². The molecule has 0 aromatic heterocycles. The van der Waals surface area contributed by atoms with Crippen LogP contribution in [0, 0.1) is 11.6 Å². The van der Waals surface area contributed by atoms with Crippen LogP contribution < -0.4 is 5.73 Å². The number of benzene rings is 1. The molecule has 0 heterocycles. The largest absolute Gasteiger partial charge is 0.383 e. The van der Waals surface area contributed by atoms with Crippen molar-refractivity contribution in [2.45, 2.75) is 0 Å². The van der Waals surface area contributed by atoms with Crippen LogP contribution in [0.5, 0.6) is 0 Å².